The topological polar surface area (TPSA) is 74.6 Å². The van der Waals surface area contributed by atoms with Crippen molar-refractivity contribution in [1.82, 2.24) is 4.90 Å². The fourth-order valence-electron chi connectivity index (χ4n) is 4.15. The first-order chi connectivity index (χ1) is 16.3. The molecule has 6 nitrogen and oxygen atoms in total. The van der Waals surface area contributed by atoms with Gasteiger partial charge in [-0.25, -0.2) is 4.79 Å². The van der Waals surface area contributed by atoms with Crippen molar-refractivity contribution in [2.24, 2.45) is 0 Å². The predicted molar refractivity (Wildman–Crippen MR) is 134 cm³/mol. The van der Waals surface area contributed by atoms with Crippen LogP contribution in [-0.2, 0) is 11.3 Å². The molecule has 0 radical (unpaired) electrons. The van der Waals surface area contributed by atoms with E-state index in [4.69, 9.17) is 9.47 Å². The highest BCUT2D eigenvalue weighted by Gasteiger charge is 2.27. The summed E-state index contributed by atoms with van der Waals surface area (Å²) in [6, 6.07) is 22.2. The molecule has 176 valence electrons. The fourth-order valence-corrected chi connectivity index (χ4v) is 4.15. The van der Waals surface area contributed by atoms with Gasteiger partial charge in [-0.1, -0.05) is 30.3 Å². The van der Waals surface area contributed by atoms with E-state index >= 15 is 0 Å². The van der Waals surface area contributed by atoms with E-state index in [2.05, 4.69) is 23.5 Å². The van der Waals surface area contributed by atoms with Gasteiger partial charge in [0.1, 0.15) is 17.5 Å². The van der Waals surface area contributed by atoms with Gasteiger partial charge in [0.05, 0.1) is 11.6 Å². The van der Waals surface area contributed by atoms with Crippen LogP contribution in [0.2, 0.25) is 0 Å². The van der Waals surface area contributed by atoms with Gasteiger partial charge >= 0.3 is 6.09 Å². The van der Waals surface area contributed by atoms with Gasteiger partial charge in [-0.05, 0) is 67.4 Å². The second kappa shape index (κ2) is 10.0. The van der Waals surface area contributed by atoms with Crippen molar-refractivity contribution in [1.29, 1.82) is 5.26 Å². The molecular weight excluding hydrogens is 426 g/mol. The quantitative estimate of drug-likeness (QED) is 0.501. The summed E-state index contributed by atoms with van der Waals surface area (Å²) in [6.07, 6.45) is 1.37. The van der Waals surface area contributed by atoms with E-state index in [0.717, 1.165) is 40.6 Å². The number of likely N-dealkylation sites (tertiary alicyclic amines) is 1. The second-order valence-electron chi connectivity index (χ2n) is 9.59. The minimum Gasteiger partial charge on any atom is -0.490 e. The molecule has 3 aromatic rings. The van der Waals surface area contributed by atoms with Crippen molar-refractivity contribution in [2.45, 2.75) is 51.9 Å². The van der Waals surface area contributed by atoms with E-state index in [1.807, 2.05) is 69.3 Å². The summed E-state index contributed by atoms with van der Waals surface area (Å²) in [5, 5.41) is 15.2. The maximum atomic E-state index is 12.2. The lowest BCUT2D eigenvalue weighted by molar-refractivity contribution is 0.0126. The van der Waals surface area contributed by atoms with Crippen molar-refractivity contribution in [3.05, 3.63) is 71.8 Å². The van der Waals surface area contributed by atoms with Crippen molar-refractivity contribution < 1.29 is 14.3 Å². The van der Waals surface area contributed by atoms with Crippen LogP contribution in [0, 0.1) is 11.3 Å². The fraction of sp³-hybridized carbons (Fsp3) is 0.357. The zero-order valence-corrected chi connectivity index (χ0v) is 20.0. The Balaban J connectivity index is 1.32. The van der Waals surface area contributed by atoms with Crippen LogP contribution in [0.1, 0.15) is 44.7 Å². The van der Waals surface area contributed by atoms with E-state index in [0.29, 0.717) is 25.2 Å². The van der Waals surface area contributed by atoms with E-state index in [1.165, 1.54) is 0 Å². The van der Waals surface area contributed by atoms with Gasteiger partial charge in [0.15, 0.2) is 0 Å². The van der Waals surface area contributed by atoms with Crippen molar-refractivity contribution in [3.63, 3.8) is 0 Å². The molecule has 0 spiro atoms. The lowest BCUT2D eigenvalue weighted by Gasteiger charge is -2.33. The average Bonchev–Trinajstić information content (AvgIpc) is 2.82. The molecule has 4 rings (SSSR count). The third-order valence-electron chi connectivity index (χ3n) is 5.88. The average molecular weight is 458 g/mol. The molecule has 0 atom stereocenters. The summed E-state index contributed by atoms with van der Waals surface area (Å²) in [4.78, 5) is 14.0. The van der Waals surface area contributed by atoms with Crippen molar-refractivity contribution in [3.8, 4) is 11.8 Å². The number of anilines is 1. The van der Waals surface area contributed by atoms with E-state index in [-0.39, 0.29) is 12.2 Å². The molecule has 1 heterocycles. The van der Waals surface area contributed by atoms with Crippen LogP contribution in [0.5, 0.6) is 5.75 Å². The van der Waals surface area contributed by atoms with Crippen LogP contribution in [-0.4, -0.2) is 35.8 Å². The highest BCUT2D eigenvalue weighted by atomic mass is 16.6. The number of ether oxygens (including phenoxy) is 2. The van der Waals surface area contributed by atoms with E-state index in [1.54, 1.807) is 4.90 Å². The molecule has 0 saturated carbocycles. The molecule has 1 amide bonds. The Morgan fingerprint density at radius 1 is 1.06 bits per heavy atom. The smallest absolute Gasteiger partial charge is 0.410 e. The largest absolute Gasteiger partial charge is 0.490 e. The minimum absolute atomic E-state index is 0.0753. The summed E-state index contributed by atoms with van der Waals surface area (Å²) in [5.74, 6) is 0.809. The number of benzene rings is 3. The van der Waals surface area contributed by atoms with E-state index in [9.17, 15) is 10.1 Å². The number of hydrogen-bond donors (Lipinski definition) is 1. The molecule has 1 aliphatic rings. The van der Waals surface area contributed by atoms with Crippen molar-refractivity contribution in [2.75, 3.05) is 18.4 Å². The van der Waals surface area contributed by atoms with Gasteiger partial charge < -0.3 is 19.7 Å². The summed E-state index contributed by atoms with van der Waals surface area (Å²) < 4.78 is 11.6. The Kier molecular flexibility index (Phi) is 6.93. The third kappa shape index (κ3) is 5.79. The summed E-state index contributed by atoms with van der Waals surface area (Å²) >= 11 is 0. The number of nitriles is 1. The standard InChI is InChI=1S/C28H31N3O3/c1-28(2,3)34-27(32)31-16-14-24(15-17-31)33-23-12-10-22(11-13-23)30-19-26-21(18-29)9-8-20-6-4-5-7-25(20)26/h4-13,24,30H,14-17,19H2,1-3H3. The molecule has 0 unspecified atom stereocenters. The molecule has 1 N–H and O–H groups in total. The normalized spacial score (nSPS) is 14.5. The number of nitrogens with one attached hydrogen (secondary N) is 1. The van der Waals surface area contributed by atoms with Crippen LogP contribution in [0.15, 0.2) is 60.7 Å². The number of fused-ring (bicyclic) bond motifs is 1. The lowest BCUT2D eigenvalue weighted by atomic mass is 9.99. The third-order valence-corrected chi connectivity index (χ3v) is 5.88. The Morgan fingerprint density at radius 3 is 2.44 bits per heavy atom. The SMILES string of the molecule is CC(C)(C)OC(=O)N1CCC(Oc2ccc(NCc3c(C#N)ccc4ccccc34)cc2)CC1. The lowest BCUT2D eigenvalue weighted by Crippen LogP contribution is -2.44. The molecular formula is C28H31N3O3. The number of carbonyl (C=O) groups is 1. The Bertz CT molecular complexity index is 1180. The number of nitrogens with zero attached hydrogens (tertiary/aromatic N) is 2. The predicted octanol–water partition coefficient (Wildman–Crippen LogP) is 6.10. The zero-order valence-electron chi connectivity index (χ0n) is 20.0. The first-order valence-corrected chi connectivity index (χ1v) is 11.7. The number of piperidine rings is 1. The molecule has 6 heteroatoms. The van der Waals surface area contributed by atoms with Crippen molar-refractivity contribution >= 4 is 22.6 Å². The summed E-state index contributed by atoms with van der Waals surface area (Å²) in [6.45, 7) is 7.46. The van der Waals surface area contributed by atoms with Gasteiger partial charge in [0, 0.05) is 38.2 Å². The molecule has 1 saturated heterocycles. The first kappa shape index (κ1) is 23.4. The van der Waals surface area contributed by atoms with Crippen LogP contribution in [0.3, 0.4) is 0 Å². The summed E-state index contributed by atoms with van der Waals surface area (Å²) in [7, 11) is 0. The Labute approximate surface area is 201 Å². The van der Waals surface area contributed by atoms with Crippen LogP contribution in [0.4, 0.5) is 10.5 Å². The number of amides is 1. The highest BCUT2D eigenvalue weighted by molar-refractivity contribution is 5.87. The van der Waals surface area contributed by atoms with Crippen LogP contribution in [0.25, 0.3) is 10.8 Å². The maximum absolute atomic E-state index is 12.2. The molecule has 1 fully saturated rings. The molecule has 1 aliphatic heterocycles. The first-order valence-electron chi connectivity index (χ1n) is 11.7. The molecule has 0 aromatic heterocycles. The van der Waals surface area contributed by atoms with Gasteiger partial charge in [-0.15, -0.1) is 0 Å². The Hall–Kier alpha value is -3.72. The highest BCUT2D eigenvalue weighted by Crippen LogP contribution is 2.25. The van der Waals surface area contributed by atoms with Crippen LogP contribution >= 0.6 is 0 Å². The second-order valence-corrected chi connectivity index (χ2v) is 9.59. The maximum Gasteiger partial charge on any atom is 0.410 e. The Morgan fingerprint density at radius 2 is 1.76 bits per heavy atom. The monoisotopic (exact) mass is 457 g/mol. The molecule has 0 bridgehead atoms. The summed E-state index contributed by atoms with van der Waals surface area (Å²) in [5.41, 5.74) is 2.16. The van der Waals surface area contributed by atoms with Gasteiger partial charge in [-0.2, -0.15) is 5.26 Å². The molecule has 34 heavy (non-hydrogen) atoms. The molecule has 0 aliphatic carbocycles. The van der Waals surface area contributed by atoms with E-state index < -0.39 is 5.60 Å². The van der Waals surface area contributed by atoms with Gasteiger partial charge in [0.2, 0.25) is 0 Å². The van der Waals surface area contributed by atoms with Crippen LogP contribution < -0.4 is 10.1 Å². The zero-order chi connectivity index (χ0) is 24.1. The number of rotatable bonds is 5. The molecule has 3 aromatic carbocycles. The van der Waals surface area contributed by atoms with Gasteiger partial charge in [-0.3, -0.25) is 0 Å². The minimum atomic E-state index is -0.482. The number of hydrogen-bond acceptors (Lipinski definition) is 5. The van der Waals surface area contributed by atoms with Gasteiger partial charge in [0.25, 0.3) is 0 Å². The number of carbonyl (C=O) groups excluding carboxylic acids is 1.